The number of nitrogens with one attached hydrogen (secondary N) is 1. The van der Waals surface area contributed by atoms with Crippen LogP contribution in [0, 0.1) is 6.92 Å². The fourth-order valence-electron chi connectivity index (χ4n) is 4.24. The maximum absolute atomic E-state index is 4.54. The number of hydrogen-bond donors (Lipinski definition) is 1. The van der Waals surface area contributed by atoms with Gasteiger partial charge in [-0.3, -0.25) is 0 Å². The molecule has 0 saturated carbocycles. The van der Waals surface area contributed by atoms with Crippen LogP contribution in [0.4, 0.5) is 5.82 Å². The Bertz CT molecular complexity index is 807. The molecule has 1 N–H and O–H groups in total. The molecule has 0 saturated heterocycles. The van der Waals surface area contributed by atoms with Crippen molar-refractivity contribution in [2.45, 2.75) is 51.9 Å². The molecule has 0 spiro atoms. The first-order chi connectivity index (χ1) is 11.7. The number of rotatable bonds is 4. The number of nitrogens with zero attached hydrogens (tertiary/aromatic N) is 2. The maximum Gasteiger partial charge on any atom is 0.137 e. The summed E-state index contributed by atoms with van der Waals surface area (Å²) in [4.78, 5) is 9.08. The van der Waals surface area contributed by atoms with E-state index in [1.165, 1.54) is 46.4 Å². The smallest absolute Gasteiger partial charge is 0.137 e. The third kappa shape index (κ3) is 2.52. The van der Waals surface area contributed by atoms with E-state index in [0.29, 0.717) is 11.8 Å². The first kappa shape index (κ1) is 15.4. The van der Waals surface area contributed by atoms with Gasteiger partial charge in [0.05, 0.1) is 5.69 Å². The molecule has 0 amide bonds. The molecule has 2 atom stereocenters. The lowest BCUT2D eigenvalue weighted by Gasteiger charge is -2.16. The van der Waals surface area contributed by atoms with Crippen LogP contribution in [0.15, 0.2) is 30.6 Å². The predicted molar refractivity (Wildman–Crippen MR) is 99.4 cm³/mol. The summed E-state index contributed by atoms with van der Waals surface area (Å²) in [6, 6.07) is 6.89. The summed E-state index contributed by atoms with van der Waals surface area (Å²) in [5, 5.41) is 3.63. The van der Waals surface area contributed by atoms with Crippen molar-refractivity contribution in [1.29, 1.82) is 0 Å². The zero-order valence-electron chi connectivity index (χ0n) is 14.8. The van der Waals surface area contributed by atoms with Crippen LogP contribution >= 0.6 is 0 Å². The predicted octanol–water partition coefficient (Wildman–Crippen LogP) is 4.84. The summed E-state index contributed by atoms with van der Waals surface area (Å²) in [6.45, 7) is 7.52. The first-order valence-electron chi connectivity index (χ1n) is 9.04. The number of allylic oxidation sites excluding steroid dienone is 2. The molecule has 2 aliphatic carbocycles. The number of hydrogen-bond acceptors (Lipinski definition) is 3. The van der Waals surface area contributed by atoms with Gasteiger partial charge in [0, 0.05) is 23.9 Å². The van der Waals surface area contributed by atoms with Gasteiger partial charge >= 0.3 is 0 Å². The summed E-state index contributed by atoms with van der Waals surface area (Å²) in [7, 11) is 0. The zero-order valence-corrected chi connectivity index (χ0v) is 14.8. The van der Waals surface area contributed by atoms with Crippen molar-refractivity contribution in [2.75, 3.05) is 11.9 Å². The molecule has 1 heterocycles. The van der Waals surface area contributed by atoms with E-state index < -0.39 is 0 Å². The number of aromatic nitrogens is 2. The minimum Gasteiger partial charge on any atom is -0.369 e. The maximum atomic E-state index is 4.54. The molecule has 3 heteroatoms. The highest BCUT2D eigenvalue weighted by Gasteiger charge is 2.26. The van der Waals surface area contributed by atoms with Crippen molar-refractivity contribution >= 4 is 11.4 Å². The van der Waals surface area contributed by atoms with Crippen LogP contribution in [0.2, 0.25) is 0 Å². The molecular weight excluding hydrogens is 294 g/mol. The van der Waals surface area contributed by atoms with Crippen molar-refractivity contribution in [2.24, 2.45) is 0 Å². The standard InChI is InChI=1S/C21H25N3/c1-4-15-10-14(3)19-20(15)23-12-24-21(19)22-11-17-7-6-16-9-13(2)5-8-18(16)17/h5,8-10,12,15,17H,4,6-7,11H2,1-3H3,(H,22,23,24). The van der Waals surface area contributed by atoms with Crippen LogP contribution in [0.5, 0.6) is 0 Å². The van der Waals surface area contributed by atoms with Gasteiger partial charge in [0.15, 0.2) is 0 Å². The van der Waals surface area contributed by atoms with Crippen LogP contribution in [0.1, 0.15) is 66.5 Å². The fraction of sp³-hybridized carbons (Fsp3) is 0.429. The molecule has 2 unspecified atom stereocenters. The van der Waals surface area contributed by atoms with Gasteiger partial charge in [-0.15, -0.1) is 0 Å². The number of benzene rings is 1. The number of fused-ring (bicyclic) bond motifs is 2. The van der Waals surface area contributed by atoms with Crippen LogP contribution < -0.4 is 5.32 Å². The van der Waals surface area contributed by atoms with Gasteiger partial charge in [-0.1, -0.05) is 36.8 Å². The summed E-state index contributed by atoms with van der Waals surface area (Å²) in [5.74, 6) is 2.03. The molecule has 4 rings (SSSR count). The lowest BCUT2D eigenvalue weighted by molar-refractivity contribution is 0.706. The fourth-order valence-corrected chi connectivity index (χ4v) is 4.24. The Labute approximate surface area is 144 Å². The second kappa shape index (κ2) is 6.04. The molecule has 24 heavy (non-hydrogen) atoms. The normalized spacial score (nSPS) is 21.4. The Morgan fingerprint density at radius 3 is 2.92 bits per heavy atom. The molecule has 124 valence electrons. The second-order valence-corrected chi connectivity index (χ2v) is 7.17. The lowest BCUT2D eigenvalue weighted by Crippen LogP contribution is -2.13. The summed E-state index contributed by atoms with van der Waals surface area (Å²) in [6.07, 6.45) is 7.56. The van der Waals surface area contributed by atoms with Crippen LogP contribution in [-0.2, 0) is 6.42 Å². The van der Waals surface area contributed by atoms with Crippen molar-refractivity contribution in [3.63, 3.8) is 0 Å². The third-order valence-corrected chi connectivity index (χ3v) is 5.53. The van der Waals surface area contributed by atoms with Gasteiger partial charge in [-0.05, 0) is 49.8 Å². The van der Waals surface area contributed by atoms with Crippen molar-refractivity contribution in [3.8, 4) is 0 Å². The Morgan fingerprint density at radius 2 is 2.08 bits per heavy atom. The van der Waals surface area contributed by atoms with Crippen LogP contribution in [0.25, 0.3) is 5.57 Å². The monoisotopic (exact) mass is 319 g/mol. The highest BCUT2D eigenvalue weighted by molar-refractivity contribution is 5.79. The average Bonchev–Trinajstić information content (AvgIpc) is 3.14. The largest absolute Gasteiger partial charge is 0.369 e. The number of anilines is 1. The number of aryl methyl sites for hydroxylation is 2. The molecule has 0 bridgehead atoms. The molecular formula is C21H25N3. The first-order valence-corrected chi connectivity index (χ1v) is 9.04. The minimum absolute atomic E-state index is 0.443. The van der Waals surface area contributed by atoms with Crippen LogP contribution in [0.3, 0.4) is 0 Å². The van der Waals surface area contributed by atoms with Gasteiger partial charge in [0.1, 0.15) is 12.1 Å². The molecule has 2 aliphatic rings. The van der Waals surface area contributed by atoms with Gasteiger partial charge in [-0.2, -0.15) is 0 Å². The summed E-state index contributed by atoms with van der Waals surface area (Å²) >= 11 is 0. The van der Waals surface area contributed by atoms with Crippen LogP contribution in [-0.4, -0.2) is 16.5 Å². The van der Waals surface area contributed by atoms with Gasteiger partial charge in [0.2, 0.25) is 0 Å². The molecule has 1 aromatic carbocycles. The van der Waals surface area contributed by atoms with Crippen molar-refractivity contribution in [1.82, 2.24) is 9.97 Å². The molecule has 0 fully saturated rings. The SMILES string of the molecule is CCC1C=C(C)c2c(NCC3CCc4cc(C)ccc43)ncnc21. The van der Waals surface area contributed by atoms with Crippen molar-refractivity contribution in [3.05, 3.63) is 58.6 Å². The molecule has 2 aromatic rings. The molecule has 0 aliphatic heterocycles. The van der Waals surface area contributed by atoms with E-state index in [4.69, 9.17) is 0 Å². The Kier molecular flexibility index (Phi) is 3.87. The molecule has 3 nitrogen and oxygen atoms in total. The lowest BCUT2D eigenvalue weighted by atomic mass is 10.00. The van der Waals surface area contributed by atoms with E-state index in [1.54, 1.807) is 6.33 Å². The molecule has 1 aromatic heterocycles. The summed E-state index contributed by atoms with van der Waals surface area (Å²) < 4.78 is 0. The van der Waals surface area contributed by atoms with E-state index >= 15 is 0 Å². The van der Waals surface area contributed by atoms with E-state index in [0.717, 1.165) is 18.8 Å². The van der Waals surface area contributed by atoms with Crippen molar-refractivity contribution < 1.29 is 0 Å². The third-order valence-electron chi connectivity index (χ3n) is 5.53. The summed E-state index contributed by atoms with van der Waals surface area (Å²) in [5.41, 5.74) is 8.13. The van der Waals surface area contributed by atoms with Gasteiger partial charge in [0.25, 0.3) is 0 Å². The average molecular weight is 319 g/mol. The highest BCUT2D eigenvalue weighted by atomic mass is 15.0. The Balaban J connectivity index is 1.55. The Hall–Kier alpha value is -2.16. The second-order valence-electron chi connectivity index (χ2n) is 7.17. The van der Waals surface area contributed by atoms with Gasteiger partial charge < -0.3 is 5.32 Å². The van der Waals surface area contributed by atoms with E-state index in [9.17, 15) is 0 Å². The van der Waals surface area contributed by atoms with Gasteiger partial charge in [-0.25, -0.2) is 9.97 Å². The molecule has 0 radical (unpaired) electrons. The highest BCUT2D eigenvalue weighted by Crippen LogP contribution is 2.40. The van der Waals surface area contributed by atoms with E-state index in [2.05, 4.69) is 60.3 Å². The topological polar surface area (TPSA) is 37.8 Å². The minimum atomic E-state index is 0.443. The van der Waals surface area contributed by atoms with E-state index in [1.807, 2.05) is 0 Å². The Morgan fingerprint density at radius 1 is 1.21 bits per heavy atom. The zero-order chi connectivity index (χ0) is 16.7. The van der Waals surface area contributed by atoms with E-state index in [-0.39, 0.29) is 0 Å². The quantitative estimate of drug-likeness (QED) is 0.876.